The molecular formula is C13H20N4OS. The van der Waals surface area contributed by atoms with Crippen molar-refractivity contribution < 1.29 is 4.74 Å². The van der Waals surface area contributed by atoms with E-state index in [1.807, 2.05) is 22.5 Å². The highest BCUT2D eigenvalue weighted by molar-refractivity contribution is 7.03. The number of nitrogens with one attached hydrogen (secondary N) is 1. The largest absolute Gasteiger partial charge is 0.480 e. The SMILES string of the molecule is COc1nscc1C(C)Nc1cnn(C(C)(C)C)c1. The van der Waals surface area contributed by atoms with Gasteiger partial charge in [0.05, 0.1) is 30.6 Å². The molecule has 6 heteroatoms. The first kappa shape index (κ1) is 13.9. The van der Waals surface area contributed by atoms with Crippen LogP contribution in [0.4, 0.5) is 5.69 Å². The smallest absolute Gasteiger partial charge is 0.230 e. The Morgan fingerprint density at radius 1 is 1.42 bits per heavy atom. The fraction of sp³-hybridized carbons (Fsp3) is 0.538. The van der Waals surface area contributed by atoms with Crippen LogP contribution in [0.2, 0.25) is 0 Å². The lowest BCUT2D eigenvalue weighted by molar-refractivity contribution is 0.355. The minimum Gasteiger partial charge on any atom is -0.480 e. The number of hydrogen-bond donors (Lipinski definition) is 1. The van der Waals surface area contributed by atoms with Crippen LogP contribution in [0.15, 0.2) is 17.8 Å². The number of rotatable bonds is 4. The summed E-state index contributed by atoms with van der Waals surface area (Å²) in [5.74, 6) is 0.688. The van der Waals surface area contributed by atoms with Gasteiger partial charge in [0.25, 0.3) is 0 Å². The molecule has 2 aromatic heterocycles. The normalized spacial score (nSPS) is 13.3. The third kappa shape index (κ3) is 3.07. The van der Waals surface area contributed by atoms with Gasteiger partial charge in [0.1, 0.15) is 0 Å². The van der Waals surface area contributed by atoms with Crippen molar-refractivity contribution in [3.05, 3.63) is 23.3 Å². The average molecular weight is 280 g/mol. The van der Waals surface area contributed by atoms with Crippen LogP contribution in [-0.4, -0.2) is 21.3 Å². The van der Waals surface area contributed by atoms with Crippen LogP contribution in [0.1, 0.15) is 39.3 Å². The minimum absolute atomic E-state index is 0.00913. The molecule has 0 saturated heterocycles. The molecule has 0 aliphatic rings. The molecule has 1 unspecified atom stereocenters. The summed E-state index contributed by atoms with van der Waals surface area (Å²) < 4.78 is 11.4. The highest BCUT2D eigenvalue weighted by atomic mass is 32.1. The van der Waals surface area contributed by atoms with Gasteiger partial charge in [-0.3, -0.25) is 4.68 Å². The second kappa shape index (κ2) is 5.21. The molecule has 0 radical (unpaired) electrons. The number of methoxy groups -OCH3 is 1. The van der Waals surface area contributed by atoms with Crippen molar-refractivity contribution in [2.75, 3.05) is 12.4 Å². The van der Waals surface area contributed by atoms with E-state index in [0.29, 0.717) is 5.88 Å². The van der Waals surface area contributed by atoms with Crippen molar-refractivity contribution >= 4 is 17.2 Å². The molecule has 0 spiro atoms. The van der Waals surface area contributed by atoms with Crippen LogP contribution < -0.4 is 10.1 Å². The molecule has 1 N–H and O–H groups in total. The van der Waals surface area contributed by atoms with Crippen LogP contribution in [0.25, 0.3) is 0 Å². The van der Waals surface area contributed by atoms with Gasteiger partial charge >= 0.3 is 0 Å². The van der Waals surface area contributed by atoms with Gasteiger partial charge in [-0.2, -0.15) is 9.47 Å². The molecule has 0 aromatic carbocycles. The van der Waals surface area contributed by atoms with Crippen molar-refractivity contribution in [1.82, 2.24) is 14.2 Å². The zero-order chi connectivity index (χ0) is 14.0. The summed E-state index contributed by atoms with van der Waals surface area (Å²) in [6.07, 6.45) is 3.86. The Labute approximate surface area is 117 Å². The van der Waals surface area contributed by atoms with Gasteiger partial charge in [0.2, 0.25) is 5.88 Å². The van der Waals surface area contributed by atoms with E-state index < -0.39 is 0 Å². The molecule has 5 nitrogen and oxygen atoms in total. The standard InChI is InChI=1S/C13H20N4OS/c1-9(11-8-19-16-12(11)18-5)15-10-6-14-17(7-10)13(2,3)4/h6-9,15H,1-5H3. The second-order valence-electron chi connectivity index (χ2n) is 5.49. The Bertz CT molecular complexity index is 541. The number of aromatic nitrogens is 3. The zero-order valence-electron chi connectivity index (χ0n) is 12.0. The Hall–Kier alpha value is -1.56. The fourth-order valence-electron chi connectivity index (χ4n) is 1.77. The molecule has 0 amide bonds. The Morgan fingerprint density at radius 2 is 2.16 bits per heavy atom. The summed E-state index contributed by atoms with van der Waals surface area (Å²) in [7, 11) is 1.64. The topological polar surface area (TPSA) is 52.0 Å². The summed E-state index contributed by atoms with van der Waals surface area (Å²) in [6, 6.07) is 0.131. The van der Waals surface area contributed by atoms with E-state index in [-0.39, 0.29) is 11.6 Å². The van der Waals surface area contributed by atoms with Gasteiger partial charge in [-0.15, -0.1) is 0 Å². The van der Waals surface area contributed by atoms with Gasteiger partial charge in [0.15, 0.2) is 0 Å². The van der Waals surface area contributed by atoms with Crippen LogP contribution in [0.5, 0.6) is 5.88 Å². The van der Waals surface area contributed by atoms with E-state index in [1.54, 1.807) is 7.11 Å². The van der Waals surface area contributed by atoms with E-state index in [4.69, 9.17) is 4.74 Å². The van der Waals surface area contributed by atoms with Crippen LogP contribution in [-0.2, 0) is 5.54 Å². The van der Waals surface area contributed by atoms with Gasteiger partial charge in [-0.25, -0.2) is 0 Å². The quantitative estimate of drug-likeness (QED) is 0.934. The molecular weight excluding hydrogens is 260 g/mol. The number of anilines is 1. The van der Waals surface area contributed by atoms with E-state index in [9.17, 15) is 0 Å². The third-order valence-corrected chi connectivity index (χ3v) is 3.51. The molecule has 1 atom stereocenters. The highest BCUT2D eigenvalue weighted by Gasteiger charge is 2.17. The maximum absolute atomic E-state index is 5.24. The monoisotopic (exact) mass is 280 g/mol. The molecule has 2 heterocycles. The third-order valence-electron chi connectivity index (χ3n) is 2.88. The maximum Gasteiger partial charge on any atom is 0.230 e. The van der Waals surface area contributed by atoms with E-state index in [1.165, 1.54) is 11.5 Å². The first-order chi connectivity index (χ1) is 8.91. The van der Waals surface area contributed by atoms with E-state index in [2.05, 4.69) is 42.5 Å². The Morgan fingerprint density at radius 3 is 2.74 bits per heavy atom. The molecule has 0 aliphatic carbocycles. The van der Waals surface area contributed by atoms with Gasteiger partial charge in [-0.05, 0) is 39.2 Å². The second-order valence-corrected chi connectivity index (χ2v) is 6.12. The predicted octanol–water partition coefficient (Wildman–Crippen LogP) is 3.28. The summed E-state index contributed by atoms with van der Waals surface area (Å²) in [4.78, 5) is 0. The lowest BCUT2D eigenvalue weighted by Crippen LogP contribution is -2.21. The number of hydrogen-bond acceptors (Lipinski definition) is 5. The molecule has 104 valence electrons. The van der Waals surface area contributed by atoms with Crippen molar-refractivity contribution in [3.63, 3.8) is 0 Å². The molecule has 2 rings (SSSR count). The summed E-state index contributed by atoms with van der Waals surface area (Å²) in [5.41, 5.74) is 2.05. The molecule has 0 fully saturated rings. The predicted molar refractivity (Wildman–Crippen MR) is 77.9 cm³/mol. The van der Waals surface area contributed by atoms with E-state index in [0.717, 1.165) is 11.3 Å². The number of ether oxygens (including phenoxy) is 1. The molecule has 19 heavy (non-hydrogen) atoms. The van der Waals surface area contributed by atoms with Crippen molar-refractivity contribution in [2.45, 2.75) is 39.3 Å². The summed E-state index contributed by atoms with van der Waals surface area (Å²) >= 11 is 1.40. The Kier molecular flexibility index (Phi) is 3.80. The van der Waals surface area contributed by atoms with Crippen LogP contribution in [0, 0.1) is 0 Å². The first-order valence-corrected chi connectivity index (χ1v) is 7.05. The maximum atomic E-state index is 5.24. The Balaban J connectivity index is 2.11. The van der Waals surface area contributed by atoms with Crippen LogP contribution >= 0.6 is 11.5 Å². The van der Waals surface area contributed by atoms with Gasteiger partial charge in [0, 0.05) is 17.1 Å². The summed E-state index contributed by atoms with van der Waals surface area (Å²) in [5, 5.41) is 9.79. The van der Waals surface area contributed by atoms with Crippen molar-refractivity contribution in [2.24, 2.45) is 0 Å². The van der Waals surface area contributed by atoms with Gasteiger partial charge in [-0.1, -0.05) is 0 Å². The molecule has 0 bridgehead atoms. The molecule has 2 aromatic rings. The number of nitrogens with zero attached hydrogens (tertiary/aromatic N) is 3. The highest BCUT2D eigenvalue weighted by Crippen LogP contribution is 2.28. The summed E-state index contributed by atoms with van der Waals surface area (Å²) in [6.45, 7) is 8.46. The lowest BCUT2D eigenvalue weighted by atomic mass is 10.1. The molecule has 0 aliphatic heterocycles. The van der Waals surface area contributed by atoms with Crippen molar-refractivity contribution in [1.29, 1.82) is 0 Å². The molecule has 0 saturated carbocycles. The fourth-order valence-corrected chi connectivity index (χ4v) is 2.52. The zero-order valence-corrected chi connectivity index (χ0v) is 12.8. The lowest BCUT2D eigenvalue weighted by Gasteiger charge is -2.19. The average Bonchev–Trinajstić information content (AvgIpc) is 2.95. The first-order valence-electron chi connectivity index (χ1n) is 6.21. The van der Waals surface area contributed by atoms with Crippen LogP contribution in [0.3, 0.4) is 0 Å². The van der Waals surface area contributed by atoms with Gasteiger partial charge < -0.3 is 10.1 Å². The minimum atomic E-state index is -0.00913. The van der Waals surface area contributed by atoms with E-state index >= 15 is 0 Å². The van der Waals surface area contributed by atoms with Crippen molar-refractivity contribution in [3.8, 4) is 5.88 Å².